The van der Waals surface area contributed by atoms with Gasteiger partial charge in [-0.25, -0.2) is 0 Å². The zero-order chi connectivity index (χ0) is 20.9. The first-order valence-corrected chi connectivity index (χ1v) is 9.33. The molecule has 0 aliphatic rings. The van der Waals surface area contributed by atoms with Gasteiger partial charge < -0.3 is 5.32 Å². The Labute approximate surface area is 166 Å². The van der Waals surface area contributed by atoms with Crippen molar-refractivity contribution < 1.29 is 22.8 Å². The lowest BCUT2D eigenvalue weighted by Crippen LogP contribution is -2.16. The maximum absolute atomic E-state index is 13.0. The molecule has 0 aliphatic carbocycles. The summed E-state index contributed by atoms with van der Waals surface area (Å²) in [6.07, 6.45) is -1.20. The van der Waals surface area contributed by atoms with Crippen molar-refractivity contribution in [1.29, 1.82) is 0 Å². The third kappa shape index (κ3) is 5.58. The monoisotopic (exact) mass is 411 g/mol. The van der Waals surface area contributed by atoms with E-state index in [1.165, 1.54) is 19.1 Å². The fraction of sp³-hybridized carbons (Fsp3) is 0.333. The van der Waals surface area contributed by atoms with Crippen LogP contribution in [0.1, 0.15) is 65.0 Å². The summed E-state index contributed by atoms with van der Waals surface area (Å²) < 4.78 is 39.1. The van der Waals surface area contributed by atoms with Gasteiger partial charge in [0.05, 0.1) is 10.6 Å². The molecule has 0 aromatic heterocycles. The largest absolute Gasteiger partial charge is 0.417 e. The number of benzene rings is 2. The van der Waals surface area contributed by atoms with Crippen molar-refractivity contribution in [2.75, 3.05) is 5.32 Å². The lowest BCUT2D eigenvalue weighted by molar-refractivity contribution is -0.137. The second-order valence-corrected chi connectivity index (χ2v) is 6.94. The van der Waals surface area contributed by atoms with Gasteiger partial charge in [-0.3, -0.25) is 9.59 Å². The van der Waals surface area contributed by atoms with Gasteiger partial charge in [0.15, 0.2) is 5.78 Å². The maximum atomic E-state index is 13.0. The van der Waals surface area contributed by atoms with E-state index in [4.69, 9.17) is 11.6 Å². The Hall–Kier alpha value is -2.34. The standard InChI is InChI=1S/C21H21ClF3NO2/c1-3-4-5-6-15-11-14(13(2)27)7-9-17(15)20(28)26-16-8-10-19(22)18(12-16)21(23,24)25/h7-12H,3-6H2,1-2H3,(H,26,28). The number of carbonyl (C=O) groups is 2. The van der Waals surface area contributed by atoms with E-state index in [1.807, 2.05) is 0 Å². The van der Waals surface area contributed by atoms with Gasteiger partial charge in [0.2, 0.25) is 0 Å². The number of halogens is 4. The number of Topliss-reactive ketones (excluding diaryl/α,β-unsaturated/α-hetero) is 1. The molecule has 0 unspecified atom stereocenters. The Morgan fingerprint density at radius 1 is 1.07 bits per heavy atom. The molecule has 0 atom stereocenters. The molecule has 7 heteroatoms. The van der Waals surface area contributed by atoms with E-state index in [9.17, 15) is 22.8 Å². The molecule has 0 fully saturated rings. The summed E-state index contributed by atoms with van der Waals surface area (Å²) in [5, 5.41) is 2.06. The van der Waals surface area contributed by atoms with Crippen LogP contribution in [0.5, 0.6) is 0 Å². The van der Waals surface area contributed by atoms with Gasteiger partial charge in [-0.1, -0.05) is 37.4 Å². The number of unbranched alkanes of at least 4 members (excludes halogenated alkanes) is 2. The molecule has 0 saturated heterocycles. The summed E-state index contributed by atoms with van der Waals surface area (Å²) in [6.45, 7) is 3.50. The normalized spacial score (nSPS) is 11.4. The summed E-state index contributed by atoms with van der Waals surface area (Å²) in [6, 6.07) is 7.98. The van der Waals surface area contributed by atoms with Gasteiger partial charge in [-0.2, -0.15) is 13.2 Å². The van der Waals surface area contributed by atoms with Crippen molar-refractivity contribution in [2.45, 2.75) is 45.7 Å². The molecule has 0 bridgehead atoms. The van der Waals surface area contributed by atoms with E-state index >= 15 is 0 Å². The molecule has 2 rings (SSSR count). The van der Waals surface area contributed by atoms with Gasteiger partial charge in [0.1, 0.15) is 0 Å². The Bertz CT molecular complexity index is 878. The Kier molecular flexibility index (Phi) is 7.24. The van der Waals surface area contributed by atoms with Crippen LogP contribution in [0.4, 0.5) is 18.9 Å². The second kappa shape index (κ2) is 9.24. The molecule has 0 spiro atoms. The number of carbonyl (C=O) groups excluding carboxylic acids is 2. The molecule has 2 aromatic rings. The van der Waals surface area contributed by atoms with Crippen LogP contribution in [0.25, 0.3) is 0 Å². The molecular formula is C21H21ClF3NO2. The minimum Gasteiger partial charge on any atom is -0.322 e. The third-order valence-corrected chi connectivity index (χ3v) is 4.67. The number of amides is 1. The van der Waals surface area contributed by atoms with Crippen LogP contribution >= 0.6 is 11.6 Å². The molecule has 3 nitrogen and oxygen atoms in total. The van der Waals surface area contributed by atoms with Crippen molar-refractivity contribution in [3.63, 3.8) is 0 Å². The highest BCUT2D eigenvalue weighted by Crippen LogP contribution is 2.36. The van der Waals surface area contributed by atoms with Gasteiger partial charge in [0.25, 0.3) is 5.91 Å². The number of nitrogens with one attached hydrogen (secondary N) is 1. The highest BCUT2D eigenvalue weighted by Gasteiger charge is 2.33. The van der Waals surface area contributed by atoms with Crippen LogP contribution in [0.2, 0.25) is 5.02 Å². The molecular weight excluding hydrogens is 391 g/mol. The van der Waals surface area contributed by atoms with Gasteiger partial charge in [0, 0.05) is 16.8 Å². The average molecular weight is 412 g/mol. The van der Waals surface area contributed by atoms with Crippen molar-refractivity contribution in [1.82, 2.24) is 0 Å². The number of rotatable bonds is 7. The summed E-state index contributed by atoms with van der Waals surface area (Å²) in [7, 11) is 0. The van der Waals surface area contributed by atoms with Crippen molar-refractivity contribution >= 4 is 29.0 Å². The molecule has 150 valence electrons. The average Bonchev–Trinajstić information content (AvgIpc) is 2.62. The van der Waals surface area contributed by atoms with Crippen molar-refractivity contribution in [3.8, 4) is 0 Å². The summed E-state index contributed by atoms with van der Waals surface area (Å²) in [5.41, 5.74) is 0.515. The zero-order valence-corrected chi connectivity index (χ0v) is 16.4. The summed E-state index contributed by atoms with van der Waals surface area (Å²) >= 11 is 5.61. The molecule has 0 saturated carbocycles. The van der Waals surface area contributed by atoms with E-state index in [1.54, 1.807) is 12.1 Å². The van der Waals surface area contributed by atoms with Crippen LogP contribution in [-0.2, 0) is 12.6 Å². The zero-order valence-electron chi connectivity index (χ0n) is 15.6. The molecule has 1 amide bonds. The summed E-state index contributed by atoms with van der Waals surface area (Å²) in [5.74, 6) is -0.645. The number of ketones is 1. The molecule has 2 aromatic carbocycles. The summed E-state index contributed by atoms with van der Waals surface area (Å²) in [4.78, 5) is 24.3. The lowest BCUT2D eigenvalue weighted by Gasteiger charge is -2.14. The van der Waals surface area contributed by atoms with Crippen LogP contribution in [0.3, 0.4) is 0 Å². The van der Waals surface area contributed by atoms with Crippen LogP contribution in [0.15, 0.2) is 36.4 Å². The fourth-order valence-electron chi connectivity index (χ4n) is 2.83. The van der Waals surface area contributed by atoms with Crippen LogP contribution in [0, 0.1) is 0 Å². The second-order valence-electron chi connectivity index (χ2n) is 6.53. The van der Waals surface area contributed by atoms with Crippen molar-refractivity contribution in [2.24, 2.45) is 0 Å². The first-order valence-electron chi connectivity index (χ1n) is 8.95. The van der Waals surface area contributed by atoms with E-state index in [-0.39, 0.29) is 11.5 Å². The maximum Gasteiger partial charge on any atom is 0.417 e. The van der Waals surface area contributed by atoms with E-state index in [2.05, 4.69) is 12.2 Å². The molecule has 28 heavy (non-hydrogen) atoms. The SMILES string of the molecule is CCCCCc1cc(C(C)=O)ccc1C(=O)Nc1ccc(Cl)c(C(F)(F)F)c1. The Morgan fingerprint density at radius 3 is 2.39 bits per heavy atom. The van der Waals surface area contributed by atoms with Crippen molar-refractivity contribution in [3.05, 3.63) is 63.7 Å². The van der Waals surface area contributed by atoms with Gasteiger partial charge >= 0.3 is 6.18 Å². The predicted octanol–water partition coefficient (Wildman–Crippen LogP) is 6.55. The fourth-order valence-corrected chi connectivity index (χ4v) is 3.05. The number of hydrogen-bond acceptors (Lipinski definition) is 2. The van der Waals surface area contributed by atoms with E-state index < -0.39 is 22.7 Å². The highest BCUT2D eigenvalue weighted by molar-refractivity contribution is 6.31. The number of aryl methyl sites for hydroxylation is 1. The van der Waals surface area contributed by atoms with E-state index in [0.717, 1.165) is 31.4 Å². The third-order valence-electron chi connectivity index (χ3n) is 4.34. The first-order chi connectivity index (χ1) is 13.1. The molecule has 0 aliphatic heterocycles. The minimum atomic E-state index is -4.62. The molecule has 0 heterocycles. The molecule has 1 N–H and O–H groups in total. The van der Waals surface area contributed by atoms with Gasteiger partial charge in [-0.05, 0) is 55.7 Å². The number of anilines is 1. The Balaban J connectivity index is 2.31. The van der Waals surface area contributed by atoms with E-state index in [0.29, 0.717) is 23.1 Å². The van der Waals surface area contributed by atoms with Crippen LogP contribution < -0.4 is 5.32 Å². The predicted molar refractivity (Wildman–Crippen MR) is 104 cm³/mol. The first kappa shape index (κ1) is 22.0. The highest BCUT2D eigenvalue weighted by atomic mass is 35.5. The quantitative estimate of drug-likeness (QED) is 0.415. The lowest BCUT2D eigenvalue weighted by atomic mass is 9.97. The minimum absolute atomic E-state index is 0.00289. The topological polar surface area (TPSA) is 46.2 Å². The van der Waals surface area contributed by atoms with Crippen LogP contribution in [-0.4, -0.2) is 11.7 Å². The Morgan fingerprint density at radius 2 is 1.79 bits per heavy atom. The molecule has 0 radical (unpaired) electrons. The van der Waals surface area contributed by atoms with Gasteiger partial charge in [-0.15, -0.1) is 0 Å². The smallest absolute Gasteiger partial charge is 0.322 e. The number of alkyl halides is 3. The number of hydrogen-bond donors (Lipinski definition) is 1.